The van der Waals surface area contributed by atoms with E-state index in [9.17, 15) is 9.90 Å². The molecule has 0 radical (unpaired) electrons. The quantitative estimate of drug-likeness (QED) is 0.733. The molecule has 1 heterocycles. The lowest BCUT2D eigenvalue weighted by molar-refractivity contribution is -0.121. The van der Waals surface area contributed by atoms with E-state index in [1.807, 2.05) is 47.2 Å². The summed E-state index contributed by atoms with van der Waals surface area (Å²) in [6.45, 7) is 0.490. The van der Waals surface area contributed by atoms with Gasteiger partial charge in [0.2, 0.25) is 5.91 Å². The van der Waals surface area contributed by atoms with Gasteiger partial charge in [-0.05, 0) is 35.7 Å². The number of hydrogen-bond acceptors (Lipinski definition) is 3. The van der Waals surface area contributed by atoms with Gasteiger partial charge < -0.3 is 15.0 Å². The Bertz CT molecular complexity index is 796. The molecule has 2 N–H and O–H groups in total. The summed E-state index contributed by atoms with van der Waals surface area (Å²) in [6.07, 6.45) is 6.24. The highest BCUT2D eigenvalue weighted by atomic mass is 16.3. The minimum atomic E-state index is -0.0306. The van der Waals surface area contributed by atoms with Gasteiger partial charge in [0.25, 0.3) is 0 Å². The Kier molecular flexibility index (Phi) is 4.91. The van der Waals surface area contributed by atoms with Crippen LogP contribution in [0.1, 0.15) is 17.5 Å². The molecule has 5 nitrogen and oxygen atoms in total. The number of carbonyl (C=O) groups is 1. The molecule has 0 aliphatic rings. The lowest BCUT2D eigenvalue weighted by atomic mass is 10.1. The van der Waals surface area contributed by atoms with Crippen LogP contribution >= 0.6 is 0 Å². The summed E-state index contributed by atoms with van der Waals surface area (Å²) in [4.78, 5) is 16.0. The van der Waals surface area contributed by atoms with E-state index in [-0.39, 0.29) is 11.7 Å². The van der Waals surface area contributed by atoms with Gasteiger partial charge >= 0.3 is 0 Å². The van der Waals surface area contributed by atoms with Crippen molar-refractivity contribution in [1.82, 2.24) is 14.9 Å². The van der Waals surface area contributed by atoms with Crippen molar-refractivity contribution in [1.29, 1.82) is 0 Å². The number of nitrogens with zero attached hydrogens (tertiary/aromatic N) is 2. The third-order valence-electron chi connectivity index (χ3n) is 3.84. The van der Waals surface area contributed by atoms with Crippen molar-refractivity contribution in [2.75, 3.05) is 0 Å². The molecule has 0 atom stereocenters. The van der Waals surface area contributed by atoms with Crippen molar-refractivity contribution < 1.29 is 9.90 Å². The normalized spacial score (nSPS) is 10.5. The molecule has 0 saturated heterocycles. The van der Waals surface area contributed by atoms with E-state index in [1.54, 1.807) is 24.7 Å². The maximum absolute atomic E-state index is 11.9. The van der Waals surface area contributed by atoms with Crippen LogP contribution in [0.3, 0.4) is 0 Å². The van der Waals surface area contributed by atoms with Gasteiger partial charge in [0, 0.05) is 31.0 Å². The van der Waals surface area contributed by atoms with Crippen molar-refractivity contribution >= 4 is 5.91 Å². The number of phenols is 1. The first-order valence-corrected chi connectivity index (χ1v) is 7.83. The van der Waals surface area contributed by atoms with Crippen molar-refractivity contribution in [3.05, 3.63) is 78.4 Å². The molecule has 0 unspecified atom stereocenters. The third kappa shape index (κ3) is 4.01. The van der Waals surface area contributed by atoms with Crippen LogP contribution in [-0.4, -0.2) is 20.6 Å². The molecule has 0 fully saturated rings. The Morgan fingerprint density at radius 3 is 2.62 bits per heavy atom. The van der Waals surface area contributed by atoms with Crippen LogP contribution in [0.15, 0.2) is 67.3 Å². The number of aryl methyl sites for hydroxylation is 1. The van der Waals surface area contributed by atoms with Crippen LogP contribution in [0.2, 0.25) is 0 Å². The summed E-state index contributed by atoms with van der Waals surface area (Å²) in [7, 11) is 0. The van der Waals surface area contributed by atoms with Crippen molar-refractivity contribution in [3.63, 3.8) is 0 Å². The van der Waals surface area contributed by atoms with Crippen molar-refractivity contribution in [2.24, 2.45) is 0 Å². The fourth-order valence-electron chi connectivity index (χ4n) is 2.46. The number of para-hydroxylation sites is 1. The molecule has 1 aromatic heterocycles. The van der Waals surface area contributed by atoms with Crippen LogP contribution < -0.4 is 5.32 Å². The molecular formula is C19H19N3O2. The Hall–Kier alpha value is -3.08. The van der Waals surface area contributed by atoms with Crippen LogP contribution in [0, 0.1) is 0 Å². The third-order valence-corrected chi connectivity index (χ3v) is 3.84. The van der Waals surface area contributed by atoms with Crippen LogP contribution in [-0.2, 0) is 17.8 Å². The average Bonchev–Trinajstić information content (AvgIpc) is 3.14. The van der Waals surface area contributed by atoms with E-state index in [2.05, 4.69) is 10.3 Å². The number of benzene rings is 2. The van der Waals surface area contributed by atoms with E-state index in [0.29, 0.717) is 19.4 Å². The lowest BCUT2D eigenvalue weighted by Gasteiger charge is -2.08. The van der Waals surface area contributed by atoms with Crippen LogP contribution in [0.25, 0.3) is 5.69 Å². The molecule has 0 aliphatic heterocycles. The van der Waals surface area contributed by atoms with Gasteiger partial charge in [-0.3, -0.25) is 4.79 Å². The average molecular weight is 321 g/mol. The molecule has 0 bridgehead atoms. The first kappa shape index (κ1) is 15.8. The number of aromatic nitrogens is 2. The molecule has 0 aliphatic carbocycles. The summed E-state index contributed by atoms with van der Waals surface area (Å²) in [5, 5.41) is 12.6. The number of amides is 1. The second-order valence-electron chi connectivity index (χ2n) is 5.54. The smallest absolute Gasteiger partial charge is 0.220 e. The Morgan fingerprint density at radius 2 is 1.92 bits per heavy atom. The molecule has 2 aromatic carbocycles. The zero-order valence-corrected chi connectivity index (χ0v) is 13.2. The van der Waals surface area contributed by atoms with Gasteiger partial charge in [-0.1, -0.05) is 30.3 Å². The standard InChI is InChI=1S/C19H19N3O2/c23-18-4-2-1-3-16(18)7-10-19(24)21-13-15-5-8-17(9-6-15)22-12-11-20-14-22/h1-6,8-9,11-12,14,23H,7,10,13H2,(H,21,24). The van der Waals surface area contributed by atoms with Crippen molar-refractivity contribution in [2.45, 2.75) is 19.4 Å². The predicted octanol–water partition coefficient (Wildman–Crippen LogP) is 2.83. The molecule has 24 heavy (non-hydrogen) atoms. The predicted molar refractivity (Wildman–Crippen MR) is 91.8 cm³/mol. The second-order valence-corrected chi connectivity index (χ2v) is 5.54. The highest BCUT2D eigenvalue weighted by molar-refractivity contribution is 5.76. The SMILES string of the molecule is O=C(CCc1ccccc1O)NCc1ccc(-n2ccnc2)cc1. The zero-order valence-electron chi connectivity index (χ0n) is 13.2. The number of nitrogens with one attached hydrogen (secondary N) is 1. The maximum atomic E-state index is 11.9. The first-order chi connectivity index (χ1) is 11.7. The van der Waals surface area contributed by atoms with Crippen LogP contribution in [0.4, 0.5) is 0 Å². The van der Waals surface area contributed by atoms with E-state index in [1.165, 1.54) is 0 Å². The molecule has 3 aromatic rings. The molecule has 0 saturated carbocycles. The van der Waals surface area contributed by atoms with Gasteiger partial charge in [-0.25, -0.2) is 4.98 Å². The van der Waals surface area contributed by atoms with E-state index < -0.39 is 0 Å². The van der Waals surface area contributed by atoms with Crippen molar-refractivity contribution in [3.8, 4) is 11.4 Å². The van der Waals surface area contributed by atoms with E-state index in [0.717, 1.165) is 16.8 Å². The summed E-state index contributed by atoms with van der Waals surface area (Å²) < 4.78 is 1.93. The fourth-order valence-corrected chi connectivity index (χ4v) is 2.46. The van der Waals surface area contributed by atoms with E-state index >= 15 is 0 Å². The fraction of sp³-hybridized carbons (Fsp3) is 0.158. The number of hydrogen-bond donors (Lipinski definition) is 2. The number of phenolic OH excluding ortho intramolecular Hbond substituents is 1. The Balaban J connectivity index is 1.48. The molecule has 3 rings (SSSR count). The van der Waals surface area contributed by atoms with Gasteiger partial charge in [0.15, 0.2) is 0 Å². The topological polar surface area (TPSA) is 67.2 Å². The highest BCUT2D eigenvalue weighted by Gasteiger charge is 2.05. The molecular weight excluding hydrogens is 302 g/mol. The summed E-state index contributed by atoms with van der Waals surface area (Å²) in [6, 6.07) is 15.0. The largest absolute Gasteiger partial charge is 0.508 e. The number of carbonyl (C=O) groups excluding carboxylic acids is 1. The highest BCUT2D eigenvalue weighted by Crippen LogP contribution is 2.17. The minimum Gasteiger partial charge on any atom is -0.508 e. The number of aromatic hydroxyl groups is 1. The summed E-state index contributed by atoms with van der Waals surface area (Å²) in [5.74, 6) is 0.206. The Morgan fingerprint density at radius 1 is 1.12 bits per heavy atom. The molecule has 122 valence electrons. The maximum Gasteiger partial charge on any atom is 0.220 e. The Labute approximate surface area is 140 Å². The monoisotopic (exact) mass is 321 g/mol. The summed E-state index contributed by atoms with van der Waals surface area (Å²) in [5.41, 5.74) is 2.86. The van der Waals surface area contributed by atoms with Gasteiger partial charge in [-0.15, -0.1) is 0 Å². The minimum absolute atomic E-state index is 0.0306. The van der Waals surface area contributed by atoms with Gasteiger partial charge in [0.05, 0.1) is 6.33 Å². The lowest BCUT2D eigenvalue weighted by Crippen LogP contribution is -2.23. The molecule has 0 spiro atoms. The number of rotatable bonds is 6. The zero-order chi connectivity index (χ0) is 16.8. The second kappa shape index (κ2) is 7.46. The van der Waals surface area contributed by atoms with E-state index in [4.69, 9.17) is 0 Å². The first-order valence-electron chi connectivity index (χ1n) is 7.83. The van der Waals surface area contributed by atoms with Crippen LogP contribution in [0.5, 0.6) is 5.75 Å². The summed E-state index contributed by atoms with van der Waals surface area (Å²) >= 11 is 0. The number of imidazole rings is 1. The van der Waals surface area contributed by atoms with Gasteiger partial charge in [-0.2, -0.15) is 0 Å². The van der Waals surface area contributed by atoms with Gasteiger partial charge in [0.1, 0.15) is 5.75 Å². The molecule has 1 amide bonds. The molecule has 5 heteroatoms.